The van der Waals surface area contributed by atoms with Crippen molar-refractivity contribution < 1.29 is 5.48 Å². The van der Waals surface area contributed by atoms with Crippen LogP contribution in [0.4, 0.5) is 0 Å². The molecule has 0 amide bonds. The van der Waals surface area contributed by atoms with Gasteiger partial charge in [0.25, 0.3) is 0 Å². The number of nitrogens with zero attached hydrogens (tertiary/aromatic N) is 1. The second kappa shape index (κ2) is 4.49. The van der Waals surface area contributed by atoms with E-state index < -0.39 is 0 Å². The number of rotatable bonds is 2. The second-order valence-corrected chi connectivity index (χ2v) is 1.43. The molecule has 0 heterocycles. The van der Waals surface area contributed by atoms with Crippen LogP contribution in [0.15, 0.2) is 16.8 Å². The van der Waals surface area contributed by atoms with E-state index in [1.54, 1.807) is 13.3 Å². The highest BCUT2D eigenvalue weighted by Crippen LogP contribution is 1.78. The Morgan fingerprint density at radius 2 is 2.38 bits per heavy atom. The lowest BCUT2D eigenvalue weighted by Crippen LogP contribution is -2.70. The fourth-order valence-corrected chi connectivity index (χ4v) is 0.354. The number of hydroxylamine groups is 1. The van der Waals surface area contributed by atoms with Crippen LogP contribution in [0.25, 0.3) is 0 Å². The molecule has 0 aromatic heterocycles. The number of quaternary nitrogens is 1. The van der Waals surface area contributed by atoms with Gasteiger partial charge in [-0.1, -0.05) is 0 Å². The third kappa shape index (κ3) is 3.52. The zero-order valence-corrected chi connectivity index (χ0v) is 5.09. The highest BCUT2D eigenvalue weighted by Gasteiger charge is 1.76. The third-order valence-electron chi connectivity index (χ3n) is 0.664. The molecule has 8 heavy (non-hydrogen) atoms. The van der Waals surface area contributed by atoms with E-state index in [2.05, 4.69) is 4.99 Å². The molecule has 0 saturated heterocycles. The van der Waals surface area contributed by atoms with Gasteiger partial charge in [-0.25, -0.2) is 0 Å². The van der Waals surface area contributed by atoms with E-state index >= 15 is 0 Å². The maximum Gasteiger partial charge on any atom is 0.0970 e. The topological polar surface area (TPSA) is 52.0 Å². The van der Waals surface area contributed by atoms with Crippen molar-refractivity contribution in [2.45, 2.75) is 6.92 Å². The molecule has 0 aliphatic carbocycles. The molecule has 0 radical (unpaired) electrons. The monoisotopic (exact) mass is 114 g/mol. The van der Waals surface area contributed by atoms with Crippen molar-refractivity contribution in [3.63, 3.8) is 0 Å². The molecule has 0 bridgehead atoms. The van der Waals surface area contributed by atoms with Crippen LogP contribution in [-0.4, -0.2) is 13.3 Å². The van der Waals surface area contributed by atoms with Crippen LogP contribution in [0.5, 0.6) is 0 Å². The lowest BCUT2D eigenvalue weighted by molar-refractivity contribution is -0.515. The van der Waals surface area contributed by atoms with Crippen LogP contribution in [0.1, 0.15) is 6.92 Å². The predicted octanol–water partition coefficient (Wildman–Crippen LogP) is -0.348. The molecule has 3 heteroatoms. The average Bonchev–Trinajstić information content (AvgIpc) is 1.68. The lowest BCUT2D eigenvalue weighted by atomic mass is 10.4. The number of hydrogen-bond donors (Lipinski definition) is 1. The van der Waals surface area contributed by atoms with Crippen molar-refractivity contribution in [1.29, 1.82) is 0 Å². The van der Waals surface area contributed by atoms with Crippen molar-refractivity contribution in [1.82, 2.24) is 0 Å². The molecule has 2 N–H and O–H groups in total. The van der Waals surface area contributed by atoms with E-state index in [0.29, 0.717) is 0 Å². The van der Waals surface area contributed by atoms with Gasteiger partial charge in [0.05, 0.1) is 6.20 Å². The Morgan fingerprint density at radius 3 is 2.75 bits per heavy atom. The van der Waals surface area contributed by atoms with Gasteiger partial charge in [-0.15, -0.1) is 0 Å². The van der Waals surface area contributed by atoms with Crippen molar-refractivity contribution >= 4 is 6.21 Å². The fourth-order valence-electron chi connectivity index (χ4n) is 0.354. The molecule has 0 rings (SSSR count). The van der Waals surface area contributed by atoms with Crippen LogP contribution < -0.4 is 5.48 Å². The molecule has 0 aliphatic heterocycles. The summed E-state index contributed by atoms with van der Waals surface area (Å²) in [5, 5.41) is 9.75. The molecule has 0 spiro atoms. The van der Waals surface area contributed by atoms with E-state index in [1.165, 1.54) is 6.20 Å². The van der Waals surface area contributed by atoms with E-state index in [-0.39, 0.29) is 0 Å². The highest BCUT2D eigenvalue weighted by molar-refractivity contribution is 5.76. The van der Waals surface area contributed by atoms with Crippen LogP contribution in [0.3, 0.4) is 0 Å². The lowest BCUT2D eigenvalue weighted by Gasteiger charge is -1.91. The first-order chi connectivity index (χ1) is 3.81. The minimum absolute atomic E-state index is 0.747. The normalized spacial score (nSPS) is 13.1. The van der Waals surface area contributed by atoms with Crippen LogP contribution >= 0.6 is 0 Å². The smallest absolute Gasteiger partial charge is 0.0970 e. The maximum absolute atomic E-state index is 9.75. The molecule has 46 valence electrons. The van der Waals surface area contributed by atoms with Gasteiger partial charge in [-0.3, -0.25) is 4.99 Å². The zero-order chi connectivity index (χ0) is 6.41. The quantitative estimate of drug-likeness (QED) is 0.387. The molecule has 0 aromatic rings. The molecule has 0 fully saturated rings. The van der Waals surface area contributed by atoms with Gasteiger partial charge in [0.2, 0.25) is 0 Å². The van der Waals surface area contributed by atoms with E-state index in [9.17, 15) is 5.21 Å². The van der Waals surface area contributed by atoms with Gasteiger partial charge in [0, 0.05) is 18.8 Å². The summed E-state index contributed by atoms with van der Waals surface area (Å²) in [5.74, 6) is 0. The molecule has 0 aromatic carbocycles. The minimum atomic E-state index is 0.747. The number of aliphatic imine (C=N–C) groups is 1. The van der Waals surface area contributed by atoms with E-state index in [0.717, 1.165) is 11.1 Å². The Labute approximate surface area is 48.7 Å². The number of allylic oxidation sites excluding steroid dienone is 1. The van der Waals surface area contributed by atoms with Crippen LogP contribution in [0.2, 0.25) is 0 Å². The Balaban J connectivity index is 3.61. The van der Waals surface area contributed by atoms with Crippen LogP contribution in [-0.2, 0) is 0 Å². The van der Waals surface area contributed by atoms with Crippen molar-refractivity contribution in [2.75, 3.05) is 7.05 Å². The van der Waals surface area contributed by atoms with E-state index in [1.807, 2.05) is 6.92 Å². The molecule has 0 unspecified atom stereocenters. The van der Waals surface area contributed by atoms with Crippen LogP contribution in [0, 0.1) is 5.21 Å². The summed E-state index contributed by atoms with van der Waals surface area (Å²) in [4.78, 5) is 3.70. The van der Waals surface area contributed by atoms with Gasteiger partial charge in [0.1, 0.15) is 0 Å². The first kappa shape index (κ1) is 7.33. The zero-order valence-electron chi connectivity index (χ0n) is 5.09. The van der Waals surface area contributed by atoms with Gasteiger partial charge in [-0.2, -0.15) is 0 Å². The summed E-state index contributed by atoms with van der Waals surface area (Å²) in [5.41, 5.74) is 1.62. The van der Waals surface area contributed by atoms with Gasteiger partial charge >= 0.3 is 0 Å². The second-order valence-electron chi connectivity index (χ2n) is 1.43. The summed E-state index contributed by atoms with van der Waals surface area (Å²) >= 11 is 0. The first-order valence-corrected chi connectivity index (χ1v) is 2.35. The van der Waals surface area contributed by atoms with Gasteiger partial charge in [0.15, 0.2) is 0 Å². The average molecular weight is 114 g/mol. The molecule has 0 atom stereocenters. The van der Waals surface area contributed by atoms with Gasteiger partial charge in [-0.05, 0) is 6.92 Å². The number of nitrogens with two attached hydrogens (primary N) is 1. The summed E-state index contributed by atoms with van der Waals surface area (Å²) in [6.07, 6.45) is 3.10. The minimum Gasteiger partial charge on any atom is -0.631 e. The van der Waals surface area contributed by atoms with Crippen molar-refractivity contribution in [3.05, 3.63) is 17.0 Å². The number of hydrogen-bond acceptors (Lipinski definition) is 2. The Morgan fingerprint density at radius 1 is 1.75 bits per heavy atom. The third-order valence-corrected chi connectivity index (χ3v) is 0.664. The molecule has 3 nitrogen and oxygen atoms in total. The Kier molecular flexibility index (Phi) is 4.11. The van der Waals surface area contributed by atoms with Crippen molar-refractivity contribution in [3.8, 4) is 0 Å². The first-order valence-electron chi connectivity index (χ1n) is 2.35. The highest BCUT2D eigenvalue weighted by atomic mass is 16.5. The van der Waals surface area contributed by atoms with E-state index in [4.69, 9.17) is 0 Å². The Hall–Kier alpha value is -0.670. The SMILES string of the molecule is CN=C/C(C)=C\[NH2+][O-]. The van der Waals surface area contributed by atoms with Gasteiger partial charge < -0.3 is 10.7 Å². The summed E-state index contributed by atoms with van der Waals surface area (Å²) in [6.45, 7) is 1.82. The largest absolute Gasteiger partial charge is 0.631 e. The molecule has 0 saturated carbocycles. The molecular weight excluding hydrogens is 104 g/mol. The summed E-state index contributed by atoms with van der Waals surface area (Å²) in [7, 11) is 1.67. The molecule has 0 aliphatic rings. The summed E-state index contributed by atoms with van der Waals surface area (Å²) < 4.78 is 0. The summed E-state index contributed by atoms with van der Waals surface area (Å²) in [6, 6.07) is 0. The van der Waals surface area contributed by atoms with Crippen molar-refractivity contribution in [2.24, 2.45) is 4.99 Å². The maximum atomic E-state index is 9.75. The standard InChI is InChI=1S/C5H10N2O/c1-5(3-6-2)4-7-8/h3-4H,7H2,1-2H3/b5-4-,6-3?. The predicted molar refractivity (Wildman–Crippen MR) is 33.5 cm³/mol. The molecular formula is C5H10N2O. The fraction of sp³-hybridized carbons (Fsp3) is 0.400. The Bertz CT molecular complexity index is 107.